The van der Waals surface area contributed by atoms with Crippen molar-refractivity contribution in [2.75, 3.05) is 45.6 Å². The summed E-state index contributed by atoms with van der Waals surface area (Å²) >= 11 is 0. The summed E-state index contributed by atoms with van der Waals surface area (Å²) in [6, 6.07) is 9.52. The molecule has 156 valence electrons. The van der Waals surface area contributed by atoms with E-state index in [9.17, 15) is 4.79 Å². The lowest BCUT2D eigenvalue weighted by Gasteiger charge is -2.46. The molecule has 0 atom stereocenters. The highest BCUT2D eigenvalue weighted by Gasteiger charge is 2.53. The van der Waals surface area contributed by atoms with Gasteiger partial charge in [-0.3, -0.25) is 4.79 Å². The third-order valence-electron chi connectivity index (χ3n) is 5.04. The molecule has 0 aliphatic carbocycles. The van der Waals surface area contributed by atoms with Gasteiger partial charge in [0.2, 0.25) is 7.71 Å². The Morgan fingerprint density at radius 2 is 1.15 bits per heavy atom. The lowest BCUT2D eigenvalue weighted by molar-refractivity contribution is -0.0000142. The Bertz CT molecular complexity index is 489. The molecule has 0 fully saturated rings. The van der Waals surface area contributed by atoms with Crippen LogP contribution in [0.2, 0.25) is 0 Å². The van der Waals surface area contributed by atoms with Crippen molar-refractivity contribution < 1.29 is 17.2 Å². The van der Waals surface area contributed by atoms with Gasteiger partial charge in [0.1, 0.15) is 0 Å². The maximum atomic E-state index is 12.7. The van der Waals surface area contributed by atoms with E-state index in [2.05, 4.69) is 60.9 Å². The van der Waals surface area contributed by atoms with Gasteiger partial charge in [-0.2, -0.15) is 0 Å². The van der Waals surface area contributed by atoms with E-state index in [-0.39, 0.29) is 18.3 Å². The molecule has 1 rings (SSSR count). The Hall–Kier alpha value is -0.710. The molecular formula is C20H38ClN4OP. The second-order valence-corrected chi connectivity index (χ2v) is 9.54. The fourth-order valence-electron chi connectivity index (χ4n) is 3.74. The Balaban J connectivity index is 0.00000676. The van der Waals surface area contributed by atoms with E-state index in [0.717, 1.165) is 44.8 Å². The van der Waals surface area contributed by atoms with Crippen LogP contribution in [0.25, 0.3) is 0 Å². The summed E-state index contributed by atoms with van der Waals surface area (Å²) < 4.78 is 7.74. The molecule has 0 saturated heterocycles. The van der Waals surface area contributed by atoms with Crippen molar-refractivity contribution >= 4 is 13.6 Å². The second kappa shape index (κ2) is 13.5. The van der Waals surface area contributed by atoms with Gasteiger partial charge in [-0.15, -0.1) is 14.0 Å². The van der Waals surface area contributed by atoms with Gasteiger partial charge in [0.25, 0.3) is 5.91 Å². The molecule has 0 spiro atoms. The zero-order valence-electron chi connectivity index (χ0n) is 17.9. The number of amides is 1. The van der Waals surface area contributed by atoms with Gasteiger partial charge in [-0.1, -0.05) is 18.2 Å². The smallest absolute Gasteiger partial charge is 0.254 e. The van der Waals surface area contributed by atoms with Gasteiger partial charge in [0, 0.05) is 44.8 Å². The van der Waals surface area contributed by atoms with Crippen LogP contribution in [0.3, 0.4) is 0 Å². The van der Waals surface area contributed by atoms with Crippen LogP contribution in [0.5, 0.6) is 0 Å². The van der Waals surface area contributed by atoms with Gasteiger partial charge < -0.3 is 17.7 Å². The highest BCUT2D eigenvalue weighted by molar-refractivity contribution is 7.69. The quantitative estimate of drug-likeness (QED) is 0.519. The molecule has 0 saturated carbocycles. The first-order valence-electron chi connectivity index (χ1n) is 10.0. The number of carbonyl (C=O) groups excluding carboxylic acids is 1. The van der Waals surface area contributed by atoms with E-state index in [1.807, 2.05) is 30.3 Å². The number of carbonyl (C=O) groups is 1. The largest absolute Gasteiger partial charge is 1.00 e. The van der Waals surface area contributed by atoms with Gasteiger partial charge in [0.05, 0.1) is 0 Å². The molecule has 0 aliphatic heterocycles. The summed E-state index contributed by atoms with van der Waals surface area (Å²) in [6.45, 7) is 19.3. The van der Waals surface area contributed by atoms with Crippen molar-refractivity contribution in [1.29, 1.82) is 0 Å². The Labute approximate surface area is 173 Å². The van der Waals surface area contributed by atoms with E-state index in [0.29, 0.717) is 6.29 Å². The Morgan fingerprint density at radius 3 is 1.48 bits per heavy atom. The predicted molar refractivity (Wildman–Crippen MR) is 114 cm³/mol. The Morgan fingerprint density at radius 1 is 0.778 bits per heavy atom. The van der Waals surface area contributed by atoms with Crippen LogP contribution in [-0.4, -0.2) is 65.5 Å². The monoisotopic (exact) mass is 416 g/mol. The molecule has 5 nitrogen and oxygen atoms in total. The van der Waals surface area contributed by atoms with E-state index in [1.165, 1.54) is 0 Å². The minimum atomic E-state index is -1.83. The van der Waals surface area contributed by atoms with Crippen LogP contribution in [0.15, 0.2) is 30.3 Å². The van der Waals surface area contributed by atoms with Crippen LogP contribution in [0, 0.1) is 0 Å². The summed E-state index contributed by atoms with van der Waals surface area (Å²) in [5.74, 6) is 0.0152. The molecule has 0 radical (unpaired) electrons. The molecule has 7 heteroatoms. The van der Waals surface area contributed by atoms with Crippen molar-refractivity contribution in [3.63, 3.8) is 0 Å². The van der Waals surface area contributed by atoms with Crippen LogP contribution in [0.1, 0.15) is 51.9 Å². The molecule has 0 bridgehead atoms. The molecule has 27 heavy (non-hydrogen) atoms. The van der Waals surface area contributed by atoms with Gasteiger partial charge >= 0.3 is 0 Å². The number of hydrogen-bond acceptors (Lipinski definition) is 4. The minimum absolute atomic E-state index is 0. The first-order valence-corrected chi connectivity index (χ1v) is 11.9. The zero-order valence-corrected chi connectivity index (χ0v) is 19.6. The lowest BCUT2D eigenvalue weighted by atomic mass is 10.2. The predicted octanol–water partition coefficient (Wildman–Crippen LogP) is 1.17. The average molecular weight is 417 g/mol. The maximum Gasteiger partial charge on any atom is 0.254 e. The van der Waals surface area contributed by atoms with E-state index in [1.54, 1.807) is 0 Å². The van der Waals surface area contributed by atoms with Crippen molar-refractivity contribution in [3.05, 3.63) is 35.9 Å². The molecule has 1 aromatic carbocycles. The van der Waals surface area contributed by atoms with Crippen molar-refractivity contribution in [2.45, 2.75) is 41.5 Å². The summed E-state index contributed by atoms with van der Waals surface area (Å²) in [6.07, 6.45) is 0.686. The third-order valence-corrected chi connectivity index (χ3v) is 10.0. The zero-order chi connectivity index (χ0) is 19.6. The number of halogens is 1. The van der Waals surface area contributed by atoms with Crippen molar-refractivity contribution in [2.24, 2.45) is 0 Å². The van der Waals surface area contributed by atoms with Gasteiger partial charge in [-0.25, -0.2) is 0 Å². The standard InChI is InChI=1S/C20H37N4OP.ClH/c1-7-22(8-2)26(23(9-3)10-4,24(11-5)12-6)18-21-20(25)19-16-14-13-15-17-19;/h13-17H,7-12,18H2,1-6H3;1H. The third kappa shape index (κ3) is 6.13. The lowest BCUT2D eigenvalue weighted by Crippen LogP contribution is -3.00. The molecule has 0 unspecified atom stereocenters. The van der Waals surface area contributed by atoms with Crippen LogP contribution < -0.4 is 17.7 Å². The fraction of sp³-hybridized carbons (Fsp3) is 0.650. The highest BCUT2D eigenvalue weighted by atomic mass is 35.5. The molecule has 0 aliphatic rings. The van der Waals surface area contributed by atoms with Crippen LogP contribution >= 0.6 is 7.71 Å². The van der Waals surface area contributed by atoms with Crippen LogP contribution in [-0.2, 0) is 0 Å². The summed E-state index contributed by atoms with van der Waals surface area (Å²) in [7, 11) is -1.83. The number of nitrogens with zero attached hydrogens (tertiary/aromatic N) is 3. The van der Waals surface area contributed by atoms with Crippen molar-refractivity contribution in [1.82, 2.24) is 19.3 Å². The topological polar surface area (TPSA) is 38.8 Å². The molecule has 1 N–H and O–H groups in total. The molecule has 1 amide bonds. The number of hydrogen-bond donors (Lipinski definition) is 1. The Kier molecular flexibility index (Phi) is 13.1. The summed E-state index contributed by atoms with van der Waals surface area (Å²) in [5.41, 5.74) is 0.726. The molecule has 1 aromatic rings. The molecule has 0 aromatic heterocycles. The van der Waals surface area contributed by atoms with E-state index < -0.39 is 7.71 Å². The van der Waals surface area contributed by atoms with E-state index in [4.69, 9.17) is 0 Å². The maximum absolute atomic E-state index is 12.7. The fourth-order valence-corrected chi connectivity index (χ4v) is 8.48. The van der Waals surface area contributed by atoms with Crippen molar-refractivity contribution in [3.8, 4) is 0 Å². The molecular weight excluding hydrogens is 379 g/mol. The minimum Gasteiger partial charge on any atom is -1.00 e. The van der Waals surface area contributed by atoms with Gasteiger partial charge in [-0.05, 0) is 53.7 Å². The van der Waals surface area contributed by atoms with Crippen LogP contribution in [0.4, 0.5) is 0 Å². The average Bonchev–Trinajstić information content (AvgIpc) is 2.69. The number of benzene rings is 1. The highest BCUT2D eigenvalue weighted by Crippen LogP contribution is 2.66. The second-order valence-electron chi connectivity index (χ2n) is 6.14. The van der Waals surface area contributed by atoms with E-state index >= 15 is 0 Å². The SMILES string of the molecule is CCN(CC)[P+](CNC(=O)c1ccccc1)(N(CC)CC)N(CC)CC.[Cl-]. The van der Waals surface area contributed by atoms with Gasteiger partial charge in [0.15, 0.2) is 6.29 Å². The number of rotatable bonds is 12. The first-order chi connectivity index (χ1) is 12.5. The number of nitrogens with one attached hydrogen (secondary N) is 1. The summed E-state index contributed by atoms with van der Waals surface area (Å²) in [4.78, 5) is 12.7. The normalized spacial score (nSPS) is 11.7. The molecule has 0 heterocycles. The first kappa shape index (κ1) is 26.3. The summed E-state index contributed by atoms with van der Waals surface area (Å²) in [5, 5.41) is 3.27.